The average molecular weight is 350 g/mol. The zero-order chi connectivity index (χ0) is 16.3. The molecule has 1 aromatic carbocycles. The van der Waals surface area contributed by atoms with E-state index >= 15 is 0 Å². The second-order valence-electron chi connectivity index (χ2n) is 5.97. The standard InChI is InChI=1S/C14H23N3O3S.ClH/c1-10(15)13(18)16-9-11-7-5-6-8-12(11)21(19,20)17-14(2,3)4;/h5-8,10,17H,9,15H2,1-4H3,(H,16,18);1H/t10-;/m1./s1. The van der Waals surface area contributed by atoms with E-state index in [2.05, 4.69) is 10.0 Å². The SMILES string of the molecule is C[C@@H](N)C(=O)NCc1ccccc1S(=O)(=O)NC(C)(C)C.Cl. The summed E-state index contributed by atoms with van der Waals surface area (Å²) in [6.45, 7) is 6.99. The molecule has 0 fully saturated rings. The van der Waals surface area contributed by atoms with Crippen LogP contribution in [0.15, 0.2) is 29.2 Å². The number of hydrogen-bond donors (Lipinski definition) is 3. The van der Waals surface area contributed by atoms with Gasteiger partial charge in [-0.05, 0) is 39.3 Å². The maximum Gasteiger partial charge on any atom is 0.241 e. The van der Waals surface area contributed by atoms with Gasteiger partial charge in [-0.15, -0.1) is 12.4 Å². The smallest absolute Gasteiger partial charge is 0.241 e. The van der Waals surface area contributed by atoms with Crippen LogP contribution in [0.4, 0.5) is 0 Å². The summed E-state index contributed by atoms with van der Waals surface area (Å²) in [6.07, 6.45) is 0. The van der Waals surface area contributed by atoms with Crippen molar-refractivity contribution in [2.45, 2.75) is 50.7 Å². The Bertz CT molecular complexity index is 610. The van der Waals surface area contributed by atoms with Crippen LogP contribution in [0.3, 0.4) is 0 Å². The van der Waals surface area contributed by atoms with Gasteiger partial charge in [-0.25, -0.2) is 13.1 Å². The molecule has 0 saturated heterocycles. The van der Waals surface area contributed by atoms with Gasteiger partial charge in [0.1, 0.15) is 0 Å². The number of halogens is 1. The fourth-order valence-corrected chi connectivity index (χ4v) is 3.37. The summed E-state index contributed by atoms with van der Waals surface area (Å²) in [5, 5.41) is 2.62. The first-order valence-electron chi connectivity index (χ1n) is 6.68. The minimum atomic E-state index is -3.65. The molecular formula is C14H24ClN3O3S. The Kier molecular flexibility index (Phi) is 7.50. The Morgan fingerprint density at radius 3 is 2.32 bits per heavy atom. The van der Waals surface area contributed by atoms with Gasteiger partial charge in [0, 0.05) is 12.1 Å². The highest BCUT2D eigenvalue weighted by Crippen LogP contribution is 2.17. The van der Waals surface area contributed by atoms with Gasteiger partial charge in [-0.2, -0.15) is 0 Å². The molecule has 0 heterocycles. The van der Waals surface area contributed by atoms with E-state index in [0.29, 0.717) is 5.56 Å². The van der Waals surface area contributed by atoms with Crippen LogP contribution in [-0.4, -0.2) is 25.9 Å². The molecule has 8 heteroatoms. The molecule has 4 N–H and O–H groups in total. The maximum atomic E-state index is 12.4. The molecule has 22 heavy (non-hydrogen) atoms. The number of benzene rings is 1. The van der Waals surface area contributed by atoms with Crippen LogP contribution >= 0.6 is 12.4 Å². The monoisotopic (exact) mass is 349 g/mol. The largest absolute Gasteiger partial charge is 0.351 e. The van der Waals surface area contributed by atoms with Crippen molar-refractivity contribution in [3.8, 4) is 0 Å². The summed E-state index contributed by atoms with van der Waals surface area (Å²) in [5.41, 5.74) is 5.40. The molecule has 1 atom stereocenters. The number of hydrogen-bond acceptors (Lipinski definition) is 4. The van der Waals surface area contributed by atoms with E-state index in [1.54, 1.807) is 45.9 Å². The zero-order valence-electron chi connectivity index (χ0n) is 13.2. The lowest BCUT2D eigenvalue weighted by atomic mass is 10.1. The van der Waals surface area contributed by atoms with Gasteiger partial charge in [0.2, 0.25) is 15.9 Å². The summed E-state index contributed by atoms with van der Waals surface area (Å²) >= 11 is 0. The summed E-state index contributed by atoms with van der Waals surface area (Å²) in [5.74, 6) is -0.328. The normalized spacial score (nSPS) is 13.1. The quantitative estimate of drug-likeness (QED) is 0.742. The molecule has 0 radical (unpaired) electrons. The van der Waals surface area contributed by atoms with E-state index in [4.69, 9.17) is 5.73 Å². The Balaban J connectivity index is 0.00000441. The van der Waals surface area contributed by atoms with Gasteiger partial charge >= 0.3 is 0 Å². The highest BCUT2D eigenvalue weighted by molar-refractivity contribution is 7.89. The Labute approximate surface area is 138 Å². The first-order valence-corrected chi connectivity index (χ1v) is 8.16. The summed E-state index contributed by atoms with van der Waals surface area (Å²) in [7, 11) is -3.65. The number of nitrogens with one attached hydrogen (secondary N) is 2. The number of sulfonamides is 1. The summed E-state index contributed by atoms with van der Waals surface area (Å²) in [4.78, 5) is 11.7. The molecule has 0 spiro atoms. The summed E-state index contributed by atoms with van der Waals surface area (Å²) in [6, 6.07) is 5.92. The lowest BCUT2D eigenvalue weighted by Gasteiger charge is -2.21. The predicted octanol–water partition coefficient (Wildman–Crippen LogP) is 1.15. The number of amides is 1. The maximum absolute atomic E-state index is 12.4. The van der Waals surface area contributed by atoms with Crippen molar-refractivity contribution >= 4 is 28.3 Å². The second-order valence-corrected chi connectivity index (χ2v) is 7.62. The van der Waals surface area contributed by atoms with Gasteiger partial charge in [0.25, 0.3) is 0 Å². The van der Waals surface area contributed by atoms with Crippen molar-refractivity contribution in [1.82, 2.24) is 10.0 Å². The third-order valence-corrected chi connectivity index (χ3v) is 4.43. The van der Waals surface area contributed by atoms with Crippen LogP contribution in [0.5, 0.6) is 0 Å². The van der Waals surface area contributed by atoms with Gasteiger partial charge < -0.3 is 11.1 Å². The first-order chi connectivity index (χ1) is 9.53. The second kappa shape index (κ2) is 7.92. The minimum absolute atomic E-state index is 0. The third kappa shape index (κ3) is 6.31. The molecule has 126 valence electrons. The molecule has 1 aromatic rings. The third-order valence-electron chi connectivity index (χ3n) is 2.57. The Morgan fingerprint density at radius 1 is 1.27 bits per heavy atom. The number of rotatable bonds is 5. The van der Waals surface area contributed by atoms with Crippen LogP contribution in [0.1, 0.15) is 33.3 Å². The lowest BCUT2D eigenvalue weighted by molar-refractivity contribution is -0.122. The van der Waals surface area contributed by atoms with Crippen LogP contribution in [0, 0.1) is 0 Å². The Hall–Kier alpha value is -1.15. The van der Waals surface area contributed by atoms with Crippen molar-refractivity contribution in [1.29, 1.82) is 0 Å². The molecule has 0 aliphatic rings. The number of carbonyl (C=O) groups excluding carboxylic acids is 1. The Morgan fingerprint density at radius 2 is 1.82 bits per heavy atom. The van der Waals surface area contributed by atoms with Crippen LogP contribution in [0.25, 0.3) is 0 Å². The van der Waals surface area contributed by atoms with Crippen molar-refractivity contribution in [2.75, 3.05) is 0 Å². The predicted molar refractivity (Wildman–Crippen MR) is 89.3 cm³/mol. The van der Waals surface area contributed by atoms with Crippen LogP contribution in [0.2, 0.25) is 0 Å². The molecule has 0 aliphatic heterocycles. The van der Waals surface area contributed by atoms with E-state index < -0.39 is 21.6 Å². The van der Waals surface area contributed by atoms with E-state index in [9.17, 15) is 13.2 Å². The van der Waals surface area contributed by atoms with E-state index in [1.165, 1.54) is 6.07 Å². The molecule has 1 rings (SSSR count). The van der Waals surface area contributed by atoms with Crippen LogP contribution in [-0.2, 0) is 21.4 Å². The first kappa shape index (κ1) is 20.9. The van der Waals surface area contributed by atoms with E-state index in [1.807, 2.05) is 0 Å². The molecule has 0 unspecified atom stereocenters. The molecular weight excluding hydrogens is 326 g/mol. The molecule has 0 aromatic heterocycles. The van der Waals surface area contributed by atoms with Gasteiger partial charge in [-0.1, -0.05) is 18.2 Å². The fraction of sp³-hybridized carbons (Fsp3) is 0.500. The number of nitrogens with two attached hydrogens (primary N) is 1. The van der Waals surface area contributed by atoms with E-state index in [0.717, 1.165) is 0 Å². The van der Waals surface area contributed by atoms with Gasteiger partial charge in [-0.3, -0.25) is 4.79 Å². The van der Waals surface area contributed by atoms with Crippen molar-refractivity contribution in [3.05, 3.63) is 29.8 Å². The zero-order valence-corrected chi connectivity index (χ0v) is 14.8. The van der Waals surface area contributed by atoms with Crippen LogP contribution < -0.4 is 15.8 Å². The van der Waals surface area contributed by atoms with Crippen molar-refractivity contribution in [2.24, 2.45) is 5.73 Å². The highest BCUT2D eigenvalue weighted by atomic mass is 35.5. The fourth-order valence-electron chi connectivity index (χ4n) is 1.71. The highest BCUT2D eigenvalue weighted by Gasteiger charge is 2.24. The molecule has 6 nitrogen and oxygen atoms in total. The topological polar surface area (TPSA) is 101 Å². The minimum Gasteiger partial charge on any atom is -0.351 e. The lowest BCUT2D eigenvalue weighted by Crippen LogP contribution is -2.41. The molecule has 0 bridgehead atoms. The molecule has 1 amide bonds. The van der Waals surface area contributed by atoms with Gasteiger partial charge in [0.15, 0.2) is 0 Å². The molecule has 0 aliphatic carbocycles. The average Bonchev–Trinajstić information content (AvgIpc) is 2.33. The van der Waals surface area contributed by atoms with Crippen molar-refractivity contribution < 1.29 is 13.2 Å². The van der Waals surface area contributed by atoms with Gasteiger partial charge in [0.05, 0.1) is 10.9 Å². The number of carbonyl (C=O) groups is 1. The van der Waals surface area contributed by atoms with Crippen molar-refractivity contribution in [3.63, 3.8) is 0 Å². The molecule has 0 saturated carbocycles. The summed E-state index contributed by atoms with van der Waals surface area (Å²) < 4.78 is 27.4. The van der Waals surface area contributed by atoms with E-state index in [-0.39, 0.29) is 29.8 Å².